The molecule has 0 radical (unpaired) electrons. The van der Waals surface area contributed by atoms with E-state index in [1.165, 1.54) is 22.5 Å². The number of halogens is 1. The van der Waals surface area contributed by atoms with Crippen molar-refractivity contribution in [1.29, 1.82) is 5.26 Å². The van der Waals surface area contributed by atoms with Crippen LogP contribution in [0.25, 0.3) is 0 Å². The monoisotopic (exact) mass is 315 g/mol. The Bertz CT molecular complexity index is 642. The Balaban J connectivity index is 2.41. The average molecular weight is 316 g/mol. The van der Waals surface area contributed by atoms with Crippen molar-refractivity contribution in [2.24, 2.45) is 5.73 Å². The third kappa shape index (κ3) is 2.80. The van der Waals surface area contributed by atoms with Crippen molar-refractivity contribution in [3.05, 3.63) is 28.8 Å². The molecule has 1 fully saturated rings. The van der Waals surface area contributed by atoms with Crippen LogP contribution < -0.4 is 5.73 Å². The molecule has 1 heterocycles. The Morgan fingerprint density at radius 2 is 2.30 bits per heavy atom. The van der Waals surface area contributed by atoms with Gasteiger partial charge in [-0.3, -0.25) is 0 Å². The molecule has 0 aliphatic carbocycles. The second-order valence-corrected chi connectivity index (χ2v) is 6.63. The van der Waals surface area contributed by atoms with E-state index < -0.39 is 10.0 Å². The smallest absolute Gasteiger partial charge is 0.244 e. The van der Waals surface area contributed by atoms with Gasteiger partial charge in [-0.1, -0.05) is 17.7 Å². The zero-order valence-electron chi connectivity index (χ0n) is 10.6. The van der Waals surface area contributed by atoms with E-state index in [1.807, 2.05) is 6.07 Å². The number of benzene rings is 1. The Labute approximate surface area is 122 Å². The zero-order chi connectivity index (χ0) is 14.8. The molecule has 6 nitrogen and oxygen atoms in total. The van der Waals surface area contributed by atoms with Gasteiger partial charge >= 0.3 is 0 Å². The number of nitrogens with zero attached hydrogens (tertiary/aromatic N) is 2. The summed E-state index contributed by atoms with van der Waals surface area (Å²) in [6.45, 7) is 0.933. The highest BCUT2D eigenvalue weighted by atomic mass is 35.5. The van der Waals surface area contributed by atoms with Gasteiger partial charge in [-0.25, -0.2) is 8.42 Å². The number of nitrogens with two attached hydrogens (primary N) is 1. The summed E-state index contributed by atoms with van der Waals surface area (Å²) in [4.78, 5) is -0.0785. The maximum atomic E-state index is 12.6. The highest BCUT2D eigenvalue weighted by molar-refractivity contribution is 7.89. The molecule has 2 N–H and O–H groups in total. The summed E-state index contributed by atoms with van der Waals surface area (Å²) in [5, 5.41) is 9.22. The molecule has 1 unspecified atom stereocenters. The highest BCUT2D eigenvalue weighted by Crippen LogP contribution is 2.26. The Kier molecular flexibility index (Phi) is 4.62. The van der Waals surface area contributed by atoms with Gasteiger partial charge < -0.3 is 10.5 Å². The lowest BCUT2D eigenvalue weighted by Crippen LogP contribution is -2.48. The standard InChI is InChI=1S/C12H14ClN3O3S/c13-11-2-1-3-12(10(11)7-15)20(17,18)16-4-5-19-9(6-14)8-16/h1-3,9H,4-6,8,14H2. The first-order chi connectivity index (χ1) is 9.50. The van der Waals surface area contributed by atoms with Crippen LogP contribution >= 0.6 is 11.6 Å². The van der Waals surface area contributed by atoms with Gasteiger partial charge in [0.05, 0.1) is 23.3 Å². The summed E-state index contributed by atoms with van der Waals surface area (Å²) in [5.74, 6) is 0. The second kappa shape index (κ2) is 6.08. The first kappa shape index (κ1) is 15.2. The fourth-order valence-electron chi connectivity index (χ4n) is 2.02. The molecule has 20 heavy (non-hydrogen) atoms. The van der Waals surface area contributed by atoms with Gasteiger partial charge in [0.2, 0.25) is 10.0 Å². The summed E-state index contributed by atoms with van der Waals surface area (Å²) in [5.41, 5.74) is 5.47. The molecule has 0 amide bonds. The zero-order valence-corrected chi connectivity index (χ0v) is 12.2. The van der Waals surface area contributed by atoms with E-state index >= 15 is 0 Å². The number of nitriles is 1. The number of hydrogen-bond donors (Lipinski definition) is 1. The molecule has 1 aliphatic rings. The summed E-state index contributed by atoms with van der Waals surface area (Å²) in [6, 6.07) is 6.22. The van der Waals surface area contributed by atoms with Gasteiger partial charge in [0, 0.05) is 19.6 Å². The average Bonchev–Trinajstić information content (AvgIpc) is 2.47. The van der Waals surface area contributed by atoms with E-state index in [0.29, 0.717) is 0 Å². The number of hydrogen-bond acceptors (Lipinski definition) is 5. The van der Waals surface area contributed by atoms with Gasteiger partial charge in [0.15, 0.2) is 0 Å². The summed E-state index contributed by atoms with van der Waals surface area (Å²) in [6.07, 6.45) is -0.330. The van der Waals surface area contributed by atoms with Gasteiger partial charge in [0.25, 0.3) is 0 Å². The largest absolute Gasteiger partial charge is 0.374 e. The van der Waals surface area contributed by atoms with Crippen molar-refractivity contribution in [2.45, 2.75) is 11.0 Å². The van der Waals surface area contributed by atoms with E-state index in [1.54, 1.807) is 0 Å². The lowest BCUT2D eigenvalue weighted by molar-refractivity contribution is 0.00450. The Hall–Kier alpha value is -1.17. The molecular weight excluding hydrogens is 302 g/mol. The van der Waals surface area contributed by atoms with Crippen LogP contribution in [0.5, 0.6) is 0 Å². The van der Waals surface area contributed by atoms with Crippen molar-refractivity contribution < 1.29 is 13.2 Å². The SMILES string of the molecule is N#Cc1c(Cl)cccc1S(=O)(=O)N1CCOC(CN)C1. The van der Waals surface area contributed by atoms with Gasteiger partial charge in [-0.05, 0) is 12.1 Å². The van der Waals surface area contributed by atoms with Crippen molar-refractivity contribution in [2.75, 3.05) is 26.2 Å². The lowest BCUT2D eigenvalue weighted by Gasteiger charge is -2.31. The van der Waals surface area contributed by atoms with Crippen molar-refractivity contribution >= 4 is 21.6 Å². The van der Waals surface area contributed by atoms with Crippen molar-refractivity contribution in [1.82, 2.24) is 4.31 Å². The van der Waals surface area contributed by atoms with Crippen LogP contribution in [0.1, 0.15) is 5.56 Å². The third-order valence-electron chi connectivity index (χ3n) is 3.07. The van der Waals surface area contributed by atoms with Crippen LogP contribution in [0.4, 0.5) is 0 Å². The maximum Gasteiger partial charge on any atom is 0.244 e. The molecule has 1 aliphatic heterocycles. The maximum absolute atomic E-state index is 12.6. The molecule has 1 aromatic carbocycles. The molecule has 2 rings (SSSR count). The van der Waals surface area contributed by atoms with Crippen LogP contribution in [0.2, 0.25) is 5.02 Å². The molecular formula is C12H14ClN3O3S. The van der Waals surface area contributed by atoms with Crippen LogP contribution in [0.15, 0.2) is 23.1 Å². The van der Waals surface area contributed by atoms with E-state index in [-0.39, 0.29) is 47.8 Å². The van der Waals surface area contributed by atoms with Crippen LogP contribution in [-0.2, 0) is 14.8 Å². The Morgan fingerprint density at radius 3 is 2.95 bits per heavy atom. The predicted octanol–water partition coefficient (Wildman–Crippen LogP) is 0.560. The molecule has 1 atom stereocenters. The van der Waals surface area contributed by atoms with Crippen molar-refractivity contribution in [3.8, 4) is 6.07 Å². The topological polar surface area (TPSA) is 96.4 Å². The molecule has 0 saturated carbocycles. The van der Waals surface area contributed by atoms with Crippen LogP contribution in [-0.4, -0.2) is 45.1 Å². The number of ether oxygens (including phenoxy) is 1. The Morgan fingerprint density at radius 1 is 1.55 bits per heavy atom. The molecule has 8 heteroatoms. The van der Waals surface area contributed by atoms with Gasteiger partial charge in [-0.2, -0.15) is 9.57 Å². The minimum absolute atomic E-state index is 0.0371. The molecule has 0 spiro atoms. The van der Waals surface area contributed by atoms with E-state index in [0.717, 1.165) is 0 Å². The number of sulfonamides is 1. The molecule has 0 bridgehead atoms. The second-order valence-electron chi connectivity index (χ2n) is 4.32. The quantitative estimate of drug-likeness (QED) is 0.879. The molecule has 1 saturated heterocycles. The minimum atomic E-state index is -3.78. The van der Waals surface area contributed by atoms with Crippen LogP contribution in [0, 0.1) is 11.3 Å². The first-order valence-electron chi connectivity index (χ1n) is 6.01. The summed E-state index contributed by atoms with van der Waals surface area (Å²) < 4.78 is 31.8. The molecule has 0 aromatic heterocycles. The van der Waals surface area contributed by atoms with Crippen LogP contribution in [0.3, 0.4) is 0 Å². The fourth-order valence-corrected chi connectivity index (χ4v) is 3.91. The summed E-state index contributed by atoms with van der Waals surface area (Å²) in [7, 11) is -3.78. The number of morpholine rings is 1. The molecule has 1 aromatic rings. The van der Waals surface area contributed by atoms with E-state index in [4.69, 9.17) is 27.3 Å². The molecule has 108 valence electrons. The van der Waals surface area contributed by atoms with Gasteiger partial charge in [-0.15, -0.1) is 0 Å². The lowest BCUT2D eigenvalue weighted by atomic mass is 10.2. The minimum Gasteiger partial charge on any atom is -0.374 e. The van der Waals surface area contributed by atoms with E-state index in [9.17, 15) is 8.42 Å². The van der Waals surface area contributed by atoms with Crippen molar-refractivity contribution in [3.63, 3.8) is 0 Å². The van der Waals surface area contributed by atoms with E-state index in [2.05, 4.69) is 0 Å². The normalized spacial score (nSPS) is 20.6. The fraction of sp³-hybridized carbons (Fsp3) is 0.417. The predicted molar refractivity (Wildman–Crippen MR) is 73.7 cm³/mol. The first-order valence-corrected chi connectivity index (χ1v) is 7.83. The highest BCUT2D eigenvalue weighted by Gasteiger charge is 2.32. The van der Waals surface area contributed by atoms with Gasteiger partial charge in [0.1, 0.15) is 11.0 Å². The summed E-state index contributed by atoms with van der Waals surface area (Å²) >= 11 is 5.88. The third-order valence-corrected chi connectivity index (χ3v) is 5.29. The number of rotatable bonds is 3.